The number of hydrogen-bond acceptors (Lipinski definition) is 3. The zero-order valence-corrected chi connectivity index (χ0v) is 11.4. The molecule has 0 aromatic carbocycles. The smallest absolute Gasteiger partial charge is 0.217 e. The van der Waals surface area contributed by atoms with Crippen molar-refractivity contribution in [3.63, 3.8) is 0 Å². The number of nitrogens with two attached hydrogens (primary N) is 1. The van der Waals surface area contributed by atoms with E-state index >= 15 is 0 Å². The van der Waals surface area contributed by atoms with E-state index in [4.69, 9.17) is 28.9 Å². The van der Waals surface area contributed by atoms with E-state index in [0.29, 0.717) is 16.5 Å². The lowest BCUT2D eigenvalue weighted by molar-refractivity contribution is -0.118. The molecule has 1 aliphatic heterocycles. The third-order valence-corrected chi connectivity index (χ3v) is 3.58. The van der Waals surface area contributed by atoms with E-state index in [1.807, 2.05) is 0 Å². The lowest BCUT2D eigenvalue weighted by atomic mass is 9.94. The fourth-order valence-electron chi connectivity index (χ4n) is 2.35. The van der Waals surface area contributed by atoms with Crippen molar-refractivity contribution in [2.75, 3.05) is 18.0 Å². The number of carbonyl (C=O) groups is 1. The highest BCUT2D eigenvalue weighted by Crippen LogP contribution is 2.30. The molecule has 6 heteroatoms. The van der Waals surface area contributed by atoms with Gasteiger partial charge in [0.15, 0.2) is 0 Å². The van der Waals surface area contributed by atoms with Crippen LogP contribution in [0, 0.1) is 5.92 Å². The summed E-state index contributed by atoms with van der Waals surface area (Å²) >= 11 is 12.0. The Bertz CT molecular complexity index is 453. The van der Waals surface area contributed by atoms with Gasteiger partial charge >= 0.3 is 0 Å². The Hall–Kier alpha value is -1.000. The van der Waals surface area contributed by atoms with E-state index in [1.165, 1.54) is 0 Å². The van der Waals surface area contributed by atoms with Crippen molar-refractivity contribution in [3.05, 3.63) is 22.3 Å². The predicted octanol–water partition coefficient (Wildman–Crippen LogP) is 2.48. The monoisotopic (exact) mass is 287 g/mol. The molecule has 1 atom stereocenters. The average Bonchev–Trinajstić information content (AvgIpc) is 2.28. The summed E-state index contributed by atoms with van der Waals surface area (Å²) in [5.41, 5.74) is 5.24. The van der Waals surface area contributed by atoms with Gasteiger partial charge in [0.25, 0.3) is 0 Å². The molecule has 1 fully saturated rings. The number of amides is 1. The maximum absolute atomic E-state index is 11.0. The van der Waals surface area contributed by atoms with Crippen LogP contribution in [0.5, 0.6) is 0 Å². The molecule has 1 unspecified atom stereocenters. The van der Waals surface area contributed by atoms with Crippen molar-refractivity contribution < 1.29 is 4.79 Å². The second-order valence-corrected chi connectivity index (χ2v) is 5.43. The molecule has 1 aromatic heterocycles. The number of piperidine rings is 1. The summed E-state index contributed by atoms with van der Waals surface area (Å²) in [5, 5.41) is 1.07. The highest BCUT2D eigenvalue weighted by atomic mass is 35.5. The molecule has 1 amide bonds. The maximum atomic E-state index is 11.0. The van der Waals surface area contributed by atoms with E-state index in [9.17, 15) is 4.79 Å². The van der Waals surface area contributed by atoms with Gasteiger partial charge in [-0.3, -0.25) is 4.79 Å². The summed E-state index contributed by atoms with van der Waals surface area (Å²) in [6, 6.07) is 1.68. The Kier molecular flexibility index (Phi) is 4.30. The summed E-state index contributed by atoms with van der Waals surface area (Å²) in [4.78, 5) is 17.3. The third kappa shape index (κ3) is 3.27. The Morgan fingerprint density at radius 2 is 2.33 bits per heavy atom. The summed E-state index contributed by atoms with van der Waals surface area (Å²) in [5.74, 6) is 0.761. The quantitative estimate of drug-likeness (QED) is 0.929. The SMILES string of the molecule is NC(=O)CC1CCCN(c2ncc(Cl)cc2Cl)C1. The first kappa shape index (κ1) is 13.4. The molecular formula is C12H15Cl2N3O. The minimum Gasteiger partial charge on any atom is -0.370 e. The molecule has 0 aliphatic carbocycles. The summed E-state index contributed by atoms with van der Waals surface area (Å²) in [7, 11) is 0. The van der Waals surface area contributed by atoms with Crippen LogP contribution in [-0.4, -0.2) is 24.0 Å². The van der Waals surface area contributed by atoms with Crippen LogP contribution in [-0.2, 0) is 4.79 Å². The number of halogens is 2. The highest BCUT2D eigenvalue weighted by molar-refractivity contribution is 6.36. The number of aromatic nitrogens is 1. The van der Waals surface area contributed by atoms with E-state index in [-0.39, 0.29) is 11.8 Å². The van der Waals surface area contributed by atoms with Crippen LogP contribution in [0.4, 0.5) is 5.82 Å². The molecule has 1 saturated heterocycles. The first-order valence-corrected chi connectivity index (χ1v) is 6.66. The number of carbonyl (C=O) groups excluding carboxylic acids is 1. The third-order valence-electron chi connectivity index (χ3n) is 3.10. The van der Waals surface area contributed by atoms with Crippen LogP contribution in [0.15, 0.2) is 12.3 Å². The van der Waals surface area contributed by atoms with Gasteiger partial charge in [-0.15, -0.1) is 0 Å². The molecule has 4 nitrogen and oxygen atoms in total. The molecule has 1 aliphatic rings. The van der Waals surface area contributed by atoms with Crippen molar-refractivity contribution in [3.8, 4) is 0 Å². The van der Waals surface area contributed by atoms with Gasteiger partial charge in [-0.2, -0.15) is 0 Å². The van der Waals surface area contributed by atoms with Crippen LogP contribution >= 0.6 is 23.2 Å². The van der Waals surface area contributed by atoms with E-state index < -0.39 is 0 Å². The molecule has 2 N–H and O–H groups in total. The Morgan fingerprint density at radius 3 is 3.00 bits per heavy atom. The number of rotatable bonds is 3. The molecule has 1 aromatic rings. The van der Waals surface area contributed by atoms with Crippen LogP contribution in [0.2, 0.25) is 10.0 Å². The van der Waals surface area contributed by atoms with Gasteiger partial charge in [-0.1, -0.05) is 23.2 Å². The number of primary amides is 1. The van der Waals surface area contributed by atoms with E-state index in [0.717, 1.165) is 31.7 Å². The first-order valence-electron chi connectivity index (χ1n) is 5.90. The Morgan fingerprint density at radius 1 is 1.56 bits per heavy atom. The average molecular weight is 288 g/mol. The van der Waals surface area contributed by atoms with Gasteiger partial charge < -0.3 is 10.6 Å². The number of pyridine rings is 1. The van der Waals surface area contributed by atoms with Gasteiger partial charge in [-0.05, 0) is 24.8 Å². The molecule has 18 heavy (non-hydrogen) atoms. The normalized spacial score (nSPS) is 19.9. The molecule has 0 saturated carbocycles. The van der Waals surface area contributed by atoms with Crippen molar-refractivity contribution in [1.82, 2.24) is 4.98 Å². The summed E-state index contributed by atoms with van der Waals surface area (Å²) in [6.07, 6.45) is 4.03. The van der Waals surface area contributed by atoms with Crippen molar-refractivity contribution in [2.45, 2.75) is 19.3 Å². The zero-order chi connectivity index (χ0) is 13.1. The molecule has 2 heterocycles. The number of nitrogens with zero attached hydrogens (tertiary/aromatic N) is 2. The Balaban J connectivity index is 2.10. The predicted molar refractivity (Wildman–Crippen MR) is 73.0 cm³/mol. The van der Waals surface area contributed by atoms with Gasteiger partial charge in [0.1, 0.15) is 5.82 Å². The molecule has 98 valence electrons. The lowest BCUT2D eigenvalue weighted by Gasteiger charge is -2.33. The fourth-order valence-corrected chi connectivity index (χ4v) is 2.85. The van der Waals surface area contributed by atoms with E-state index in [2.05, 4.69) is 9.88 Å². The van der Waals surface area contributed by atoms with Crippen LogP contribution < -0.4 is 10.6 Å². The highest BCUT2D eigenvalue weighted by Gasteiger charge is 2.23. The van der Waals surface area contributed by atoms with Crippen LogP contribution in [0.25, 0.3) is 0 Å². The largest absolute Gasteiger partial charge is 0.370 e. The molecule has 2 rings (SSSR count). The molecule has 0 bridgehead atoms. The molecule has 0 spiro atoms. The van der Waals surface area contributed by atoms with Gasteiger partial charge in [0.2, 0.25) is 5.91 Å². The van der Waals surface area contributed by atoms with Crippen molar-refractivity contribution in [2.24, 2.45) is 11.7 Å². The Labute approximate surface area is 116 Å². The van der Waals surface area contributed by atoms with Gasteiger partial charge in [-0.25, -0.2) is 4.98 Å². The van der Waals surface area contributed by atoms with Crippen LogP contribution in [0.1, 0.15) is 19.3 Å². The first-order chi connectivity index (χ1) is 8.56. The second kappa shape index (κ2) is 5.76. The fraction of sp³-hybridized carbons (Fsp3) is 0.500. The van der Waals surface area contributed by atoms with Crippen LogP contribution in [0.3, 0.4) is 0 Å². The summed E-state index contributed by atoms with van der Waals surface area (Å²) < 4.78 is 0. The van der Waals surface area contributed by atoms with Gasteiger partial charge in [0, 0.05) is 25.7 Å². The second-order valence-electron chi connectivity index (χ2n) is 4.58. The summed E-state index contributed by atoms with van der Waals surface area (Å²) in [6.45, 7) is 1.65. The lowest BCUT2D eigenvalue weighted by Crippen LogP contribution is -2.37. The van der Waals surface area contributed by atoms with E-state index in [1.54, 1.807) is 12.3 Å². The van der Waals surface area contributed by atoms with Crippen molar-refractivity contribution in [1.29, 1.82) is 0 Å². The number of anilines is 1. The topological polar surface area (TPSA) is 59.2 Å². The molecular weight excluding hydrogens is 273 g/mol. The minimum absolute atomic E-state index is 0.253. The van der Waals surface area contributed by atoms with Gasteiger partial charge in [0.05, 0.1) is 10.0 Å². The molecule has 0 radical (unpaired) electrons. The standard InChI is InChI=1S/C12H15Cl2N3O/c13-9-5-10(14)12(16-6-9)17-3-1-2-8(7-17)4-11(15)18/h5-6,8H,1-4,7H2,(H2,15,18). The minimum atomic E-state index is -0.253. The zero-order valence-electron chi connectivity index (χ0n) is 9.90. The van der Waals surface area contributed by atoms with Crippen molar-refractivity contribution >= 4 is 34.9 Å². The number of hydrogen-bond donors (Lipinski definition) is 1. The maximum Gasteiger partial charge on any atom is 0.217 e.